The minimum atomic E-state index is -3.19. The Hall–Kier alpha value is -3.01. The Bertz CT molecular complexity index is 737. The van der Waals surface area contributed by atoms with Crippen LogP contribution < -0.4 is 0 Å². The molecule has 0 spiro atoms. The van der Waals surface area contributed by atoms with Crippen LogP contribution in [-0.4, -0.2) is 47.2 Å². The standard InChI is InChI=1S/C11H9N3O7/c15-9(16)11(19,10(17)18)5-6-8(14(20)21)13-4-2-1-3-7(13)12-6/h1-4,19H,5H2,(H,15,16)(H,17,18). The Morgan fingerprint density at radius 3 is 2.48 bits per heavy atom. The summed E-state index contributed by atoms with van der Waals surface area (Å²) in [5.74, 6) is -4.64. The largest absolute Gasteiger partial charge is 0.479 e. The first kappa shape index (κ1) is 14.4. The van der Waals surface area contributed by atoms with E-state index in [-0.39, 0.29) is 5.65 Å². The number of nitro groups is 1. The Kier molecular flexibility index (Phi) is 3.31. The smallest absolute Gasteiger partial charge is 0.351 e. The number of hydrogen-bond donors (Lipinski definition) is 3. The van der Waals surface area contributed by atoms with E-state index in [2.05, 4.69) is 4.98 Å². The lowest BCUT2D eigenvalue weighted by atomic mass is 9.98. The van der Waals surface area contributed by atoms with E-state index in [1.807, 2.05) is 0 Å². The number of nitrogens with zero attached hydrogens (tertiary/aromatic N) is 3. The Labute approximate surface area is 116 Å². The summed E-state index contributed by atoms with van der Waals surface area (Å²) < 4.78 is 1.07. The zero-order valence-corrected chi connectivity index (χ0v) is 10.3. The molecule has 2 rings (SSSR count). The number of carboxylic acids is 2. The number of aliphatic hydroxyl groups is 1. The van der Waals surface area contributed by atoms with Crippen molar-refractivity contribution in [3.05, 3.63) is 40.2 Å². The van der Waals surface area contributed by atoms with Gasteiger partial charge in [-0.3, -0.25) is 0 Å². The Morgan fingerprint density at radius 2 is 1.95 bits per heavy atom. The van der Waals surface area contributed by atoms with E-state index < -0.39 is 40.4 Å². The molecule has 0 fully saturated rings. The van der Waals surface area contributed by atoms with Gasteiger partial charge in [0.1, 0.15) is 5.69 Å². The summed E-state index contributed by atoms with van der Waals surface area (Å²) in [6.45, 7) is 0. The van der Waals surface area contributed by atoms with Gasteiger partial charge in [0, 0.05) is 12.5 Å². The Morgan fingerprint density at radius 1 is 1.33 bits per heavy atom. The predicted octanol–water partition coefficient (Wildman–Crippen LogP) is -0.315. The molecular weight excluding hydrogens is 286 g/mol. The van der Waals surface area contributed by atoms with Crippen LogP contribution in [-0.2, 0) is 16.0 Å². The zero-order chi connectivity index (χ0) is 15.8. The summed E-state index contributed by atoms with van der Waals surface area (Å²) in [5, 5.41) is 38.4. The summed E-state index contributed by atoms with van der Waals surface area (Å²) >= 11 is 0. The van der Waals surface area contributed by atoms with Crippen LogP contribution in [0.4, 0.5) is 5.82 Å². The van der Waals surface area contributed by atoms with Gasteiger partial charge in [0.25, 0.3) is 5.60 Å². The molecule has 10 nitrogen and oxygen atoms in total. The molecule has 2 heterocycles. The number of aromatic nitrogens is 2. The maximum Gasteiger partial charge on any atom is 0.351 e. The second kappa shape index (κ2) is 4.83. The van der Waals surface area contributed by atoms with Crippen LogP contribution in [0.25, 0.3) is 5.65 Å². The van der Waals surface area contributed by atoms with Crippen molar-refractivity contribution in [1.29, 1.82) is 0 Å². The van der Waals surface area contributed by atoms with Gasteiger partial charge in [0.05, 0.1) is 6.20 Å². The van der Waals surface area contributed by atoms with E-state index in [1.54, 1.807) is 6.07 Å². The number of hydrogen-bond acceptors (Lipinski definition) is 6. The van der Waals surface area contributed by atoms with Crippen molar-refractivity contribution in [1.82, 2.24) is 9.38 Å². The minimum Gasteiger partial charge on any atom is -0.479 e. The second-order valence-electron chi connectivity index (χ2n) is 4.22. The maximum absolute atomic E-state index is 11.1. The summed E-state index contributed by atoms with van der Waals surface area (Å²) in [6.07, 6.45) is 0.292. The van der Waals surface area contributed by atoms with Crippen molar-refractivity contribution in [2.75, 3.05) is 0 Å². The van der Waals surface area contributed by atoms with Gasteiger partial charge in [-0.2, -0.15) is 4.40 Å². The average molecular weight is 295 g/mol. The number of imidazole rings is 1. The van der Waals surface area contributed by atoms with Crippen molar-refractivity contribution in [2.45, 2.75) is 12.0 Å². The van der Waals surface area contributed by atoms with Crippen LogP contribution in [0.3, 0.4) is 0 Å². The summed E-state index contributed by atoms with van der Waals surface area (Å²) in [4.78, 5) is 35.9. The first-order valence-electron chi connectivity index (χ1n) is 5.57. The Balaban J connectivity index is 2.61. The molecule has 0 saturated heterocycles. The van der Waals surface area contributed by atoms with Crippen molar-refractivity contribution in [2.24, 2.45) is 0 Å². The molecule has 10 heteroatoms. The van der Waals surface area contributed by atoms with Gasteiger partial charge in [0.15, 0.2) is 0 Å². The molecule has 110 valence electrons. The fourth-order valence-electron chi connectivity index (χ4n) is 1.83. The molecule has 0 aliphatic heterocycles. The second-order valence-corrected chi connectivity index (χ2v) is 4.22. The molecule has 0 radical (unpaired) electrons. The molecule has 2 aromatic heterocycles. The number of rotatable bonds is 5. The number of aliphatic carboxylic acids is 2. The first-order valence-corrected chi connectivity index (χ1v) is 5.57. The zero-order valence-electron chi connectivity index (χ0n) is 10.3. The molecule has 0 unspecified atom stereocenters. The highest BCUT2D eigenvalue weighted by Crippen LogP contribution is 2.25. The molecule has 0 aromatic carbocycles. The first-order chi connectivity index (χ1) is 9.77. The van der Waals surface area contributed by atoms with Gasteiger partial charge < -0.3 is 25.4 Å². The van der Waals surface area contributed by atoms with E-state index in [9.17, 15) is 24.8 Å². The van der Waals surface area contributed by atoms with E-state index in [1.165, 1.54) is 18.3 Å². The van der Waals surface area contributed by atoms with E-state index in [0.29, 0.717) is 0 Å². The van der Waals surface area contributed by atoms with Crippen LogP contribution in [0.5, 0.6) is 0 Å². The molecule has 21 heavy (non-hydrogen) atoms. The fourth-order valence-corrected chi connectivity index (χ4v) is 1.83. The van der Waals surface area contributed by atoms with Crippen molar-refractivity contribution < 1.29 is 29.8 Å². The highest BCUT2D eigenvalue weighted by molar-refractivity contribution is 6.01. The van der Waals surface area contributed by atoms with E-state index >= 15 is 0 Å². The van der Waals surface area contributed by atoms with Gasteiger partial charge >= 0.3 is 17.8 Å². The van der Waals surface area contributed by atoms with Crippen LogP contribution in [0.1, 0.15) is 5.69 Å². The predicted molar refractivity (Wildman–Crippen MR) is 65.8 cm³/mol. The minimum absolute atomic E-state index is 0.136. The molecule has 0 bridgehead atoms. The topological polar surface area (TPSA) is 155 Å². The summed E-state index contributed by atoms with van der Waals surface area (Å²) in [5.41, 5.74) is -3.49. The van der Waals surface area contributed by atoms with Crippen LogP contribution >= 0.6 is 0 Å². The van der Waals surface area contributed by atoms with Crippen molar-refractivity contribution >= 4 is 23.4 Å². The van der Waals surface area contributed by atoms with Crippen molar-refractivity contribution in [3.63, 3.8) is 0 Å². The van der Waals surface area contributed by atoms with Gasteiger partial charge in [0.2, 0.25) is 5.65 Å². The lowest BCUT2D eigenvalue weighted by Crippen LogP contribution is -2.48. The lowest BCUT2D eigenvalue weighted by Gasteiger charge is -2.16. The van der Waals surface area contributed by atoms with Crippen LogP contribution in [0.15, 0.2) is 24.4 Å². The number of fused-ring (bicyclic) bond motifs is 1. The van der Waals surface area contributed by atoms with Gasteiger partial charge in [-0.15, -0.1) is 0 Å². The number of pyridine rings is 1. The monoisotopic (exact) mass is 295 g/mol. The normalized spacial score (nSPS) is 11.5. The van der Waals surface area contributed by atoms with Gasteiger partial charge in [-0.05, 0) is 11.0 Å². The molecule has 3 N–H and O–H groups in total. The highest BCUT2D eigenvalue weighted by Gasteiger charge is 2.47. The van der Waals surface area contributed by atoms with Gasteiger partial charge in [-0.25, -0.2) is 14.6 Å². The fraction of sp³-hybridized carbons (Fsp3) is 0.182. The van der Waals surface area contributed by atoms with E-state index in [0.717, 1.165) is 4.40 Å². The molecule has 2 aromatic rings. The third-order valence-electron chi connectivity index (χ3n) is 2.88. The number of carboxylic acid groups (broad SMARTS) is 2. The SMILES string of the molecule is O=C(O)C(O)(Cc1nc2ccccn2c1[N+](=O)[O-])C(=O)O. The average Bonchev–Trinajstić information content (AvgIpc) is 2.75. The molecule has 0 amide bonds. The van der Waals surface area contributed by atoms with Gasteiger partial charge in [-0.1, -0.05) is 6.07 Å². The summed E-state index contributed by atoms with van der Waals surface area (Å²) in [7, 11) is 0. The van der Waals surface area contributed by atoms with Crippen LogP contribution in [0, 0.1) is 10.1 Å². The number of carbonyl (C=O) groups is 2. The molecule has 0 aliphatic carbocycles. The van der Waals surface area contributed by atoms with E-state index in [4.69, 9.17) is 10.2 Å². The third kappa shape index (κ3) is 2.27. The molecule has 0 aliphatic rings. The van der Waals surface area contributed by atoms with Crippen molar-refractivity contribution in [3.8, 4) is 0 Å². The summed E-state index contributed by atoms with van der Waals surface area (Å²) in [6, 6.07) is 4.47. The maximum atomic E-state index is 11.1. The molecule has 0 saturated carbocycles. The quantitative estimate of drug-likeness (QED) is 0.385. The molecular formula is C11H9N3O7. The molecule has 0 atom stereocenters. The lowest BCUT2D eigenvalue weighted by molar-refractivity contribution is -0.391. The van der Waals surface area contributed by atoms with Crippen LogP contribution in [0.2, 0.25) is 0 Å². The third-order valence-corrected chi connectivity index (χ3v) is 2.88. The highest BCUT2D eigenvalue weighted by atomic mass is 16.6.